The number of hydrogen-bond acceptors (Lipinski definition) is 3. The summed E-state index contributed by atoms with van der Waals surface area (Å²) >= 11 is 4.92. The van der Waals surface area contributed by atoms with Crippen molar-refractivity contribution in [3.63, 3.8) is 0 Å². The number of ether oxygens (including phenoxy) is 1. The fourth-order valence-corrected chi connectivity index (χ4v) is 2.02. The molecule has 4 nitrogen and oxygen atoms in total. The van der Waals surface area contributed by atoms with Gasteiger partial charge in [-0.1, -0.05) is 31.3 Å². The van der Waals surface area contributed by atoms with Gasteiger partial charge in [-0.3, -0.25) is 4.79 Å². The van der Waals surface area contributed by atoms with Crippen LogP contribution in [0.2, 0.25) is 0 Å². The van der Waals surface area contributed by atoms with E-state index in [1.54, 1.807) is 20.2 Å². The summed E-state index contributed by atoms with van der Waals surface area (Å²) in [4.78, 5) is 14.0. The zero-order valence-electron chi connectivity index (χ0n) is 10.8. The number of rotatable bonds is 5. The van der Waals surface area contributed by atoms with Crippen LogP contribution in [0.4, 0.5) is 5.69 Å². The van der Waals surface area contributed by atoms with Gasteiger partial charge in [-0.25, -0.2) is 0 Å². The molecule has 0 bridgehead atoms. The minimum Gasteiger partial charge on any atom is -0.495 e. The number of carbonyl (C=O) groups excluding carboxylic acids is 1. The van der Waals surface area contributed by atoms with Crippen molar-refractivity contribution < 1.29 is 9.53 Å². The van der Waals surface area contributed by atoms with Crippen molar-refractivity contribution in [2.75, 3.05) is 19.1 Å². The predicted molar refractivity (Wildman–Crippen MR) is 77.0 cm³/mol. The Bertz CT molecular complexity index is 448. The van der Waals surface area contributed by atoms with Crippen molar-refractivity contribution in [3.05, 3.63) is 24.3 Å². The van der Waals surface area contributed by atoms with Crippen LogP contribution in [0.3, 0.4) is 0 Å². The number of hydrogen-bond donors (Lipinski definition) is 1. The molecule has 2 N–H and O–H groups in total. The summed E-state index contributed by atoms with van der Waals surface area (Å²) in [6.07, 6.45) is 0.591. The maximum absolute atomic E-state index is 12.3. The number of amides is 1. The van der Waals surface area contributed by atoms with Crippen LogP contribution in [0.1, 0.15) is 13.3 Å². The molecule has 0 spiro atoms. The van der Waals surface area contributed by atoms with Crippen molar-refractivity contribution in [1.82, 2.24) is 0 Å². The molecule has 0 aliphatic heterocycles. The lowest BCUT2D eigenvalue weighted by molar-refractivity contribution is -0.120. The second-order valence-corrected chi connectivity index (χ2v) is 4.40. The van der Waals surface area contributed by atoms with E-state index >= 15 is 0 Å². The number of carbonyl (C=O) groups is 1. The largest absolute Gasteiger partial charge is 0.495 e. The Balaban J connectivity index is 3.02. The molecule has 1 rings (SSSR count). The number of benzene rings is 1. The van der Waals surface area contributed by atoms with Crippen LogP contribution in [0, 0.1) is 5.92 Å². The van der Waals surface area contributed by atoms with Gasteiger partial charge in [0.2, 0.25) is 5.91 Å². The van der Waals surface area contributed by atoms with E-state index in [0.717, 1.165) is 0 Å². The van der Waals surface area contributed by atoms with Gasteiger partial charge in [-0.05, 0) is 18.6 Å². The number of methoxy groups -OCH3 is 1. The molecule has 1 unspecified atom stereocenters. The van der Waals surface area contributed by atoms with Crippen molar-refractivity contribution in [3.8, 4) is 5.75 Å². The number of anilines is 1. The molecule has 0 aromatic heterocycles. The fraction of sp³-hybridized carbons (Fsp3) is 0.385. The maximum Gasteiger partial charge on any atom is 0.236 e. The second kappa shape index (κ2) is 6.35. The minimum atomic E-state index is -0.435. The lowest BCUT2D eigenvalue weighted by Gasteiger charge is -2.23. The summed E-state index contributed by atoms with van der Waals surface area (Å²) in [5, 5.41) is 0. The van der Waals surface area contributed by atoms with Gasteiger partial charge in [0.25, 0.3) is 0 Å². The second-order valence-electron chi connectivity index (χ2n) is 3.93. The van der Waals surface area contributed by atoms with Gasteiger partial charge < -0.3 is 15.4 Å². The first-order chi connectivity index (χ1) is 8.52. The topological polar surface area (TPSA) is 55.6 Å². The Morgan fingerprint density at radius 2 is 2.11 bits per heavy atom. The smallest absolute Gasteiger partial charge is 0.236 e. The molecule has 0 saturated heterocycles. The molecule has 5 heteroatoms. The Morgan fingerprint density at radius 3 is 2.61 bits per heavy atom. The molecule has 0 radical (unpaired) electrons. The van der Waals surface area contributed by atoms with Crippen molar-refractivity contribution in [2.24, 2.45) is 11.7 Å². The van der Waals surface area contributed by atoms with E-state index in [1.807, 2.05) is 25.1 Å². The number of para-hydroxylation sites is 2. The van der Waals surface area contributed by atoms with Crippen LogP contribution < -0.4 is 15.4 Å². The molecule has 0 aliphatic rings. The number of nitrogens with two attached hydrogens (primary N) is 1. The van der Waals surface area contributed by atoms with Crippen LogP contribution in [0.15, 0.2) is 24.3 Å². The van der Waals surface area contributed by atoms with Crippen LogP contribution in [-0.2, 0) is 4.79 Å². The number of nitrogens with zero attached hydrogens (tertiary/aromatic N) is 1. The summed E-state index contributed by atoms with van der Waals surface area (Å²) < 4.78 is 5.23. The summed E-state index contributed by atoms with van der Waals surface area (Å²) in [6, 6.07) is 7.33. The average Bonchev–Trinajstić information content (AvgIpc) is 2.38. The van der Waals surface area contributed by atoms with E-state index < -0.39 is 5.92 Å². The standard InChI is InChI=1S/C13H18N2O2S/c1-4-9(12(14)18)13(16)15(2)10-7-5-6-8-11(10)17-3/h5-9H,4H2,1-3H3,(H2,14,18). The highest BCUT2D eigenvalue weighted by atomic mass is 32.1. The molecule has 0 aliphatic carbocycles. The third-order valence-corrected chi connectivity index (χ3v) is 3.11. The van der Waals surface area contributed by atoms with E-state index in [2.05, 4.69) is 0 Å². The lowest BCUT2D eigenvalue weighted by atomic mass is 10.0. The molecule has 0 heterocycles. The van der Waals surface area contributed by atoms with Gasteiger partial charge in [0.05, 0.1) is 23.7 Å². The SMILES string of the molecule is CCC(C(=O)N(C)c1ccccc1OC)C(N)=S. The monoisotopic (exact) mass is 266 g/mol. The molecule has 1 amide bonds. The van der Waals surface area contributed by atoms with Crippen LogP contribution >= 0.6 is 12.2 Å². The highest BCUT2D eigenvalue weighted by Crippen LogP contribution is 2.28. The molecule has 1 aromatic rings. The quantitative estimate of drug-likeness (QED) is 0.828. The van der Waals surface area contributed by atoms with E-state index in [9.17, 15) is 4.79 Å². The van der Waals surface area contributed by atoms with Gasteiger partial charge >= 0.3 is 0 Å². The Labute approximate surface area is 113 Å². The molecule has 1 atom stereocenters. The Hall–Kier alpha value is -1.62. The first-order valence-electron chi connectivity index (χ1n) is 5.72. The van der Waals surface area contributed by atoms with Crippen LogP contribution in [-0.4, -0.2) is 25.1 Å². The van der Waals surface area contributed by atoms with E-state index in [4.69, 9.17) is 22.7 Å². The predicted octanol–water partition coefficient (Wildman–Crippen LogP) is 1.97. The number of thiocarbonyl (C=S) groups is 1. The van der Waals surface area contributed by atoms with Crippen LogP contribution in [0.25, 0.3) is 0 Å². The average molecular weight is 266 g/mol. The molecule has 0 saturated carbocycles. The first-order valence-corrected chi connectivity index (χ1v) is 6.13. The molecule has 18 heavy (non-hydrogen) atoms. The summed E-state index contributed by atoms with van der Waals surface area (Å²) in [7, 11) is 3.27. The van der Waals surface area contributed by atoms with Gasteiger partial charge in [0, 0.05) is 7.05 Å². The van der Waals surface area contributed by atoms with Gasteiger partial charge in [-0.15, -0.1) is 0 Å². The van der Waals surface area contributed by atoms with Gasteiger partial charge in [-0.2, -0.15) is 0 Å². The highest BCUT2D eigenvalue weighted by molar-refractivity contribution is 7.80. The molecule has 1 aromatic carbocycles. The normalized spacial score (nSPS) is 11.7. The third kappa shape index (κ3) is 2.98. The zero-order valence-corrected chi connectivity index (χ0v) is 11.7. The zero-order chi connectivity index (χ0) is 13.7. The molecule has 98 valence electrons. The Kier molecular flexibility index (Phi) is 5.09. The van der Waals surface area contributed by atoms with Crippen molar-refractivity contribution in [2.45, 2.75) is 13.3 Å². The van der Waals surface area contributed by atoms with Gasteiger partial charge in [0.15, 0.2) is 0 Å². The van der Waals surface area contributed by atoms with Crippen LogP contribution in [0.5, 0.6) is 5.75 Å². The molecule has 0 fully saturated rings. The molecular weight excluding hydrogens is 248 g/mol. The summed E-state index contributed by atoms with van der Waals surface area (Å²) in [5.41, 5.74) is 6.30. The first kappa shape index (κ1) is 14.4. The highest BCUT2D eigenvalue weighted by Gasteiger charge is 2.25. The fourth-order valence-electron chi connectivity index (χ4n) is 1.76. The van der Waals surface area contributed by atoms with E-state index in [1.165, 1.54) is 4.90 Å². The summed E-state index contributed by atoms with van der Waals surface area (Å²) in [5.74, 6) is 0.0931. The van der Waals surface area contributed by atoms with Crippen molar-refractivity contribution in [1.29, 1.82) is 0 Å². The molecular formula is C13H18N2O2S. The minimum absolute atomic E-state index is 0.116. The Morgan fingerprint density at radius 1 is 1.50 bits per heavy atom. The maximum atomic E-state index is 12.3. The van der Waals surface area contributed by atoms with E-state index in [0.29, 0.717) is 17.9 Å². The third-order valence-electron chi connectivity index (χ3n) is 2.83. The van der Waals surface area contributed by atoms with Gasteiger partial charge in [0.1, 0.15) is 5.75 Å². The summed E-state index contributed by atoms with van der Waals surface area (Å²) in [6.45, 7) is 1.89. The lowest BCUT2D eigenvalue weighted by Crippen LogP contribution is -2.39. The van der Waals surface area contributed by atoms with Crippen molar-refractivity contribution >= 4 is 28.8 Å². The van der Waals surface area contributed by atoms with E-state index in [-0.39, 0.29) is 10.9 Å².